The van der Waals surface area contributed by atoms with Crippen LogP contribution in [0.25, 0.3) is 11.0 Å². The zero-order chi connectivity index (χ0) is 19.8. The Morgan fingerprint density at radius 2 is 2.10 bits per heavy atom. The van der Waals surface area contributed by atoms with Crippen molar-refractivity contribution >= 4 is 16.9 Å². The highest BCUT2D eigenvalue weighted by molar-refractivity contribution is 5.96. The molecule has 0 N–H and O–H groups in total. The van der Waals surface area contributed by atoms with E-state index in [9.17, 15) is 4.79 Å². The van der Waals surface area contributed by atoms with Crippen LogP contribution >= 0.6 is 0 Å². The molecule has 0 spiro atoms. The predicted molar refractivity (Wildman–Crippen MR) is 109 cm³/mol. The average Bonchev–Trinajstić information content (AvgIpc) is 3.25. The first-order chi connectivity index (χ1) is 14.2. The molecule has 4 heterocycles. The van der Waals surface area contributed by atoms with E-state index in [-0.39, 0.29) is 17.9 Å². The van der Waals surface area contributed by atoms with E-state index in [2.05, 4.69) is 23.1 Å². The molecule has 3 aromatic rings. The smallest absolute Gasteiger partial charge is 0.289 e. The molecule has 0 radical (unpaired) electrons. The maximum atomic E-state index is 13.3. The van der Waals surface area contributed by atoms with Gasteiger partial charge in [0, 0.05) is 55.8 Å². The quantitative estimate of drug-likeness (QED) is 0.681. The number of amides is 1. The number of benzene rings is 1. The van der Waals surface area contributed by atoms with Crippen molar-refractivity contribution in [3.8, 4) is 0 Å². The zero-order valence-electron chi connectivity index (χ0n) is 16.7. The number of furan rings is 1. The molecule has 7 heteroatoms. The van der Waals surface area contributed by atoms with Crippen LogP contribution in [0.3, 0.4) is 0 Å². The molecule has 2 aliphatic rings. The molecular weight excluding hydrogens is 368 g/mol. The molecule has 152 valence electrons. The zero-order valence-corrected chi connectivity index (χ0v) is 16.7. The molecule has 0 unspecified atom stereocenters. The molecule has 5 rings (SSSR count). The van der Waals surface area contributed by atoms with Gasteiger partial charge >= 0.3 is 0 Å². The fourth-order valence-electron chi connectivity index (χ4n) is 4.47. The number of ether oxygens (including phenoxy) is 1. The van der Waals surface area contributed by atoms with Crippen LogP contribution in [0.15, 0.2) is 47.1 Å². The first-order valence-electron chi connectivity index (χ1n) is 10.3. The average molecular weight is 394 g/mol. The predicted octanol–water partition coefficient (Wildman–Crippen LogP) is 2.62. The topological polar surface area (TPSA) is 63.7 Å². The van der Waals surface area contributed by atoms with Gasteiger partial charge in [-0.2, -0.15) is 5.10 Å². The number of nitrogens with zero attached hydrogens (tertiary/aromatic N) is 4. The highest BCUT2D eigenvalue weighted by atomic mass is 16.5. The van der Waals surface area contributed by atoms with Gasteiger partial charge in [0.15, 0.2) is 5.76 Å². The lowest BCUT2D eigenvalue weighted by Crippen LogP contribution is -2.46. The highest BCUT2D eigenvalue weighted by Crippen LogP contribution is 2.25. The van der Waals surface area contributed by atoms with Crippen LogP contribution in [-0.2, 0) is 17.8 Å². The number of hydrogen-bond acceptors (Lipinski definition) is 5. The first-order valence-corrected chi connectivity index (χ1v) is 10.3. The van der Waals surface area contributed by atoms with Gasteiger partial charge in [0.25, 0.3) is 5.91 Å². The summed E-state index contributed by atoms with van der Waals surface area (Å²) in [6.07, 6.45) is 4.05. The Bertz CT molecular complexity index is 977. The largest absolute Gasteiger partial charge is 0.451 e. The van der Waals surface area contributed by atoms with E-state index in [1.54, 1.807) is 0 Å². The van der Waals surface area contributed by atoms with E-state index < -0.39 is 0 Å². The third-order valence-corrected chi connectivity index (χ3v) is 5.86. The van der Waals surface area contributed by atoms with Crippen molar-refractivity contribution in [1.82, 2.24) is 19.6 Å². The summed E-state index contributed by atoms with van der Waals surface area (Å²) in [7, 11) is 0. The van der Waals surface area contributed by atoms with Gasteiger partial charge in [-0.1, -0.05) is 18.2 Å². The number of hydrogen-bond donors (Lipinski definition) is 0. The number of rotatable bonds is 4. The molecule has 2 aliphatic heterocycles. The van der Waals surface area contributed by atoms with Gasteiger partial charge in [0.2, 0.25) is 0 Å². The number of para-hydroxylation sites is 1. The fourth-order valence-corrected chi connectivity index (χ4v) is 4.47. The van der Waals surface area contributed by atoms with Gasteiger partial charge in [0.05, 0.1) is 25.5 Å². The van der Waals surface area contributed by atoms with Crippen LogP contribution in [0.4, 0.5) is 0 Å². The summed E-state index contributed by atoms with van der Waals surface area (Å²) >= 11 is 0. The second-order valence-corrected chi connectivity index (χ2v) is 8.06. The Balaban J connectivity index is 1.36. The summed E-state index contributed by atoms with van der Waals surface area (Å²) < 4.78 is 13.7. The summed E-state index contributed by atoms with van der Waals surface area (Å²) in [6.45, 7) is 7.46. The molecule has 7 nitrogen and oxygen atoms in total. The van der Waals surface area contributed by atoms with E-state index in [4.69, 9.17) is 9.15 Å². The van der Waals surface area contributed by atoms with Crippen LogP contribution < -0.4 is 0 Å². The van der Waals surface area contributed by atoms with Gasteiger partial charge in [0.1, 0.15) is 5.58 Å². The Kier molecular flexibility index (Phi) is 4.85. The lowest BCUT2D eigenvalue weighted by atomic mass is 10.1. The standard InChI is InChI=1S/C22H26N4O3/c1-2-25-11-16(8-23-25)9-24-10-17-12-26(19(13-24)15-28-14-17)22(27)21-7-18-5-3-4-6-20(18)29-21/h3-8,11,17,19H,2,9-10,12-15H2,1H3/t17-,19-/m0/s1. The molecule has 0 aliphatic carbocycles. The summed E-state index contributed by atoms with van der Waals surface area (Å²) in [5.74, 6) is 0.661. The normalized spacial score (nSPS) is 22.7. The molecule has 1 amide bonds. The number of carbonyl (C=O) groups excluding carboxylic acids is 1. The van der Waals surface area contributed by atoms with Gasteiger partial charge in [-0.3, -0.25) is 14.4 Å². The van der Waals surface area contributed by atoms with Crippen LogP contribution in [0.5, 0.6) is 0 Å². The lowest BCUT2D eigenvalue weighted by molar-refractivity contribution is 0.0411. The summed E-state index contributed by atoms with van der Waals surface area (Å²) in [6, 6.07) is 9.61. The summed E-state index contributed by atoms with van der Waals surface area (Å²) in [5.41, 5.74) is 1.96. The Morgan fingerprint density at radius 1 is 1.21 bits per heavy atom. The van der Waals surface area contributed by atoms with Crippen molar-refractivity contribution in [2.24, 2.45) is 5.92 Å². The van der Waals surface area contributed by atoms with E-state index in [0.717, 1.165) is 37.1 Å². The number of fused-ring (bicyclic) bond motifs is 4. The van der Waals surface area contributed by atoms with Crippen molar-refractivity contribution in [1.29, 1.82) is 0 Å². The minimum absolute atomic E-state index is 0.0180. The minimum atomic E-state index is -0.0395. The Morgan fingerprint density at radius 3 is 2.93 bits per heavy atom. The van der Waals surface area contributed by atoms with Crippen LogP contribution in [0, 0.1) is 5.92 Å². The molecule has 0 saturated carbocycles. The summed E-state index contributed by atoms with van der Waals surface area (Å²) in [5, 5.41) is 5.35. The molecule has 1 aromatic carbocycles. The number of carbonyl (C=O) groups is 1. The first kappa shape index (κ1) is 18.4. The maximum absolute atomic E-state index is 13.3. The monoisotopic (exact) mass is 394 g/mol. The molecular formula is C22H26N4O3. The third-order valence-electron chi connectivity index (χ3n) is 5.86. The lowest BCUT2D eigenvalue weighted by Gasteiger charge is -2.30. The van der Waals surface area contributed by atoms with Gasteiger partial charge in [-0.25, -0.2) is 0 Å². The Hall–Kier alpha value is -2.64. The number of aryl methyl sites for hydroxylation is 1. The van der Waals surface area contributed by atoms with E-state index in [1.807, 2.05) is 46.1 Å². The van der Waals surface area contributed by atoms with Gasteiger partial charge < -0.3 is 14.1 Å². The second-order valence-electron chi connectivity index (χ2n) is 8.06. The van der Waals surface area contributed by atoms with Crippen LogP contribution in [0.2, 0.25) is 0 Å². The van der Waals surface area contributed by atoms with Crippen molar-refractivity contribution in [3.05, 3.63) is 54.0 Å². The van der Waals surface area contributed by atoms with Gasteiger partial charge in [-0.05, 0) is 19.1 Å². The van der Waals surface area contributed by atoms with Crippen LogP contribution in [-0.4, -0.2) is 64.4 Å². The minimum Gasteiger partial charge on any atom is -0.451 e. The highest BCUT2D eigenvalue weighted by Gasteiger charge is 2.37. The molecule has 29 heavy (non-hydrogen) atoms. The third kappa shape index (κ3) is 3.68. The summed E-state index contributed by atoms with van der Waals surface area (Å²) in [4.78, 5) is 17.7. The fraction of sp³-hybridized carbons (Fsp3) is 0.455. The van der Waals surface area contributed by atoms with Crippen molar-refractivity contribution in [2.45, 2.75) is 26.1 Å². The van der Waals surface area contributed by atoms with Gasteiger partial charge in [-0.15, -0.1) is 0 Å². The van der Waals surface area contributed by atoms with Crippen molar-refractivity contribution in [2.75, 3.05) is 32.8 Å². The Labute approximate surface area is 169 Å². The molecule has 2 aromatic heterocycles. The maximum Gasteiger partial charge on any atom is 0.289 e. The molecule has 2 atom stereocenters. The number of aromatic nitrogens is 2. The van der Waals surface area contributed by atoms with Crippen molar-refractivity contribution in [3.63, 3.8) is 0 Å². The SMILES string of the molecule is CCn1cc(CN2C[C@@H]3COC[C@H](C2)N(C(=O)c2cc4ccccc4o2)C3)cn1. The van der Waals surface area contributed by atoms with E-state index in [0.29, 0.717) is 25.5 Å². The molecule has 2 saturated heterocycles. The van der Waals surface area contributed by atoms with Crippen molar-refractivity contribution < 1.29 is 13.9 Å². The second kappa shape index (κ2) is 7.65. The van der Waals surface area contributed by atoms with E-state index >= 15 is 0 Å². The van der Waals surface area contributed by atoms with Crippen LogP contribution in [0.1, 0.15) is 23.0 Å². The molecule has 2 fully saturated rings. The molecule has 2 bridgehead atoms. The van der Waals surface area contributed by atoms with E-state index in [1.165, 1.54) is 5.56 Å².